The second-order valence-electron chi connectivity index (χ2n) is 4.88. The molecule has 84 valence electrons. The summed E-state index contributed by atoms with van der Waals surface area (Å²) in [5.41, 5.74) is 5.85. The van der Waals surface area contributed by atoms with Gasteiger partial charge in [-0.2, -0.15) is 0 Å². The van der Waals surface area contributed by atoms with Crippen LogP contribution in [0.4, 0.5) is 0 Å². The Morgan fingerprint density at radius 2 is 2.00 bits per heavy atom. The van der Waals surface area contributed by atoms with Crippen LogP contribution in [0.15, 0.2) is 0 Å². The average Bonchev–Trinajstić information content (AvgIpc) is 2.87. The van der Waals surface area contributed by atoms with Gasteiger partial charge in [-0.05, 0) is 46.1 Å². The smallest absolute Gasteiger partial charge is 0.00992 e. The first kappa shape index (κ1) is 12.0. The molecule has 1 saturated carbocycles. The molecule has 1 rings (SSSR count). The van der Waals surface area contributed by atoms with Gasteiger partial charge in [-0.25, -0.2) is 0 Å². The normalized spacial score (nSPS) is 21.2. The van der Waals surface area contributed by atoms with Gasteiger partial charge in [0.05, 0.1) is 0 Å². The van der Waals surface area contributed by atoms with E-state index in [1.54, 1.807) is 0 Å². The molecule has 0 bridgehead atoms. The van der Waals surface area contributed by atoms with E-state index in [9.17, 15) is 0 Å². The van der Waals surface area contributed by atoms with Crippen LogP contribution < -0.4 is 5.73 Å². The third kappa shape index (κ3) is 3.97. The van der Waals surface area contributed by atoms with E-state index in [2.05, 4.69) is 25.7 Å². The van der Waals surface area contributed by atoms with Gasteiger partial charge in [-0.3, -0.25) is 4.90 Å². The largest absolute Gasteiger partial charge is 0.328 e. The molecule has 0 aromatic heterocycles. The molecule has 2 atom stereocenters. The first-order valence-corrected chi connectivity index (χ1v) is 6.16. The van der Waals surface area contributed by atoms with Crippen LogP contribution in [-0.2, 0) is 0 Å². The number of rotatable bonds is 7. The van der Waals surface area contributed by atoms with Crippen LogP contribution in [0.2, 0.25) is 0 Å². The molecule has 2 N–H and O–H groups in total. The van der Waals surface area contributed by atoms with Crippen molar-refractivity contribution in [3.63, 3.8) is 0 Å². The lowest BCUT2D eigenvalue weighted by Gasteiger charge is -2.30. The molecule has 1 fully saturated rings. The van der Waals surface area contributed by atoms with E-state index in [0.29, 0.717) is 12.1 Å². The van der Waals surface area contributed by atoms with Gasteiger partial charge in [0, 0.05) is 18.1 Å². The van der Waals surface area contributed by atoms with Crippen LogP contribution in [0.5, 0.6) is 0 Å². The zero-order chi connectivity index (χ0) is 10.6. The number of hydrogen-bond acceptors (Lipinski definition) is 2. The van der Waals surface area contributed by atoms with E-state index in [1.165, 1.54) is 32.2 Å². The quantitative estimate of drug-likeness (QED) is 0.680. The van der Waals surface area contributed by atoms with Crippen LogP contribution in [0, 0.1) is 0 Å². The molecule has 0 saturated heterocycles. The van der Waals surface area contributed by atoms with Gasteiger partial charge in [-0.15, -0.1) is 0 Å². The zero-order valence-corrected chi connectivity index (χ0v) is 10.00. The highest BCUT2D eigenvalue weighted by Crippen LogP contribution is 2.29. The van der Waals surface area contributed by atoms with Gasteiger partial charge in [0.25, 0.3) is 0 Å². The Morgan fingerprint density at radius 1 is 1.36 bits per heavy atom. The second-order valence-corrected chi connectivity index (χ2v) is 4.88. The molecular formula is C12H26N2. The Hall–Kier alpha value is -0.0800. The van der Waals surface area contributed by atoms with Crippen molar-refractivity contribution in [1.82, 2.24) is 4.90 Å². The predicted octanol–water partition coefficient (Wildman–Crippen LogP) is 2.38. The van der Waals surface area contributed by atoms with Gasteiger partial charge in [0.2, 0.25) is 0 Å². The summed E-state index contributed by atoms with van der Waals surface area (Å²) >= 11 is 0. The van der Waals surface area contributed by atoms with Crippen LogP contribution in [0.3, 0.4) is 0 Å². The summed E-state index contributed by atoms with van der Waals surface area (Å²) < 4.78 is 0. The van der Waals surface area contributed by atoms with E-state index in [-0.39, 0.29) is 0 Å². The molecule has 2 unspecified atom stereocenters. The molecular weight excluding hydrogens is 172 g/mol. The van der Waals surface area contributed by atoms with Crippen LogP contribution >= 0.6 is 0 Å². The number of unbranched alkanes of at least 4 members (excludes halogenated alkanes) is 1. The van der Waals surface area contributed by atoms with Crippen LogP contribution in [0.25, 0.3) is 0 Å². The molecule has 0 spiro atoms. The lowest BCUT2D eigenvalue weighted by atomic mass is 10.1. The highest BCUT2D eigenvalue weighted by Gasteiger charge is 2.31. The molecule has 2 heteroatoms. The Labute approximate surface area is 88.8 Å². The fourth-order valence-corrected chi connectivity index (χ4v) is 2.18. The second kappa shape index (κ2) is 5.72. The molecule has 0 heterocycles. The van der Waals surface area contributed by atoms with Crippen molar-refractivity contribution >= 4 is 0 Å². The van der Waals surface area contributed by atoms with Crippen molar-refractivity contribution in [3.8, 4) is 0 Å². The van der Waals surface area contributed by atoms with E-state index in [1.807, 2.05) is 0 Å². The Morgan fingerprint density at radius 3 is 2.43 bits per heavy atom. The lowest BCUT2D eigenvalue weighted by Crippen LogP contribution is -2.39. The van der Waals surface area contributed by atoms with Gasteiger partial charge < -0.3 is 5.73 Å². The summed E-state index contributed by atoms with van der Waals surface area (Å²) in [5, 5.41) is 0. The monoisotopic (exact) mass is 198 g/mol. The van der Waals surface area contributed by atoms with Gasteiger partial charge in [0.15, 0.2) is 0 Å². The third-order valence-corrected chi connectivity index (χ3v) is 3.06. The zero-order valence-electron chi connectivity index (χ0n) is 10.00. The van der Waals surface area contributed by atoms with Crippen molar-refractivity contribution in [2.75, 3.05) is 6.54 Å². The van der Waals surface area contributed by atoms with Crippen LogP contribution in [-0.4, -0.2) is 29.6 Å². The fourth-order valence-electron chi connectivity index (χ4n) is 2.18. The summed E-state index contributed by atoms with van der Waals surface area (Å²) in [4.78, 5) is 2.67. The molecule has 1 aliphatic rings. The highest BCUT2D eigenvalue weighted by atomic mass is 15.2. The Balaban J connectivity index is 2.32. The minimum atomic E-state index is 0.341. The standard InChI is InChI=1S/C12H26N2/c1-4-5-8-14(12-6-7-12)11(3)9-10(2)13/h10-12H,4-9,13H2,1-3H3. The molecule has 0 aromatic carbocycles. The summed E-state index contributed by atoms with van der Waals surface area (Å²) in [6.07, 6.45) is 6.59. The molecule has 0 amide bonds. The van der Waals surface area contributed by atoms with Crippen molar-refractivity contribution in [1.29, 1.82) is 0 Å². The first-order valence-electron chi connectivity index (χ1n) is 6.16. The average molecular weight is 198 g/mol. The van der Waals surface area contributed by atoms with E-state index in [0.717, 1.165) is 12.5 Å². The molecule has 2 nitrogen and oxygen atoms in total. The Kier molecular flexibility index (Phi) is 4.90. The van der Waals surface area contributed by atoms with Crippen LogP contribution in [0.1, 0.15) is 52.9 Å². The van der Waals surface area contributed by atoms with Gasteiger partial charge in [-0.1, -0.05) is 13.3 Å². The highest BCUT2D eigenvalue weighted by molar-refractivity contribution is 4.88. The molecule has 1 aliphatic carbocycles. The van der Waals surface area contributed by atoms with Gasteiger partial charge in [0.1, 0.15) is 0 Å². The summed E-state index contributed by atoms with van der Waals surface area (Å²) in [7, 11) is 0. The molecule has 0 aromatic rings. The lowest BCUT2D eigenvalue weighted by molar-refractivity contribution is 0.181. The van der Waals surface area contributed by atoms with Crippen molar-refractivity contribution in [3.05, 3.63) is 0 Å². The summed E-state index contributed by atoms with van der Waals surface area (Å²) in [6.45, 7) is 7.98. The summed E-state index contributed by atoms with van der Waals surface area (Å²) in [5.74, 6) is 0. The Bertz CT molecular complexity index is 152. The fraction of sp³-hybridized carbons (Fsp3) is 1.00. The minimum absolute atomic E-state index is 0.341. The van der Waals surface area contributed by atoms with E-state index >= 15 is 0 Å². The van der Waals surface area contributed by atoms with Crippen molar-refractivity contribution < 1.29 is 0 Å². The molecule has 0 radical (unpaired) electrons. The van der Waals surface area contributed by atoms with E-state index in [4.69, 9.17) is 5.73 Å². The number of nitrogens with two attached hydrogens (primary N) is 1. The SMILES string of the molecule is CCCCN(C(C)CC(C)N)C1CC1. The first-order chi connectivity index (χ1) is 6.65. The maximum absolute atomic E-state index is 5.85. The number of nitrogens with zero attached hydrogens (tertiary/aromatic N) is 1. The number of hydrogen-bond donors (Lipinski definition) is 1. The third-order valence-electron chi connectivity index (χ3n) is 3.06. The molecule has 14 heavy (non-hydrogen) atoms. The van der Waals surface area contributed by atoms with Crippen molar-refractivity contribution in [2.24, 2.45) is 5.73 Å². The minimum Gasteiger partial charge on any atom is -0.328 e. The maximum atomic E-state index is 5.85. The van der Waals surface area contributed by atoms with Gasteiger partial charge >= 0.3 is 0 Å². The predicted molar refractivity (Wildman–Crippen MR) is 62.4 cm³/mol. The summed E-state index contributed by atoms with van der Waals surface area (Å²) in [6, 6.07) is 1.90. The van der Waals surface area contributed by atoms with E-state index < -0.39 is 0 Å². The topological polar surface area (TPSA) is 29.3 Å². The van der Waals surface area contributed by atoms with Crippen molar-refractivity contribution in [2.45, 2.75) is 71.0 Å². The maximum Gasteiger partial charge on any atom is 0.00992 e. The molecule has 0 aliphatic heterocycles.